The van der Waals surface area contributed by atoms with Crippen molar-refractivity contribution in [3.8, 4) is 0 Å². The quantitative estimate of drug-likeness (QED) is 0.599. The molecule has 0 spiro atoms. The van der Waals surface area contributed by atoms with Crippen molar-refractivity contribution in [1.82, 2.24) is 4.90 Å². The van der Waals surface area contributed by atoms with Gasteiger partial charge in [0.25, 0.3) is 0 Å². The van der Waals surface area contributed by atoms with Gasteiger partial charge in [-0.25, -0.2) is 0 Å². The molecule has 0 aromatic carbocycles. The Kier molecular flexibility index (Phi) is 1.90. The Morgan fingerprint density at radius 1 is 1.89 bits per heavy atom. The maximum absolute atomic E-state index is 5.57. The van der Waals surface area contributed by atoms with Crippen LogP contribution in [-0.2, 0) is 0 Å². The number of hydrogen-bond donors (Lipinski definition) is 1. The zero-order valence-corrected chi connectivity index (χ0v) is 6.61. The van der Waals surface area contributed by atoms with Crippen molar-refractivity contribution in [2.75, 3.05) is 7.05 Å². The zero-order valence-electron chi connectivity index (χ0n) is 5.79. The lowest BCUT2D eigenvalue weighted by molar-refractivity contribution is 0.427. The average Bonchev–Trinajstić information content (AvgIpc) is 2.10. The molecule has 0 aromatic heterocycles. The predicted molar refractivity (Wildman–Crippen MR) is 41.7 cm³/mol. The number of nitrogens with zero attached hydrogens (tertiary/aromatic N) is 1. The van der Waals surface area contributed by atoms with E-state index < -0.39 is 0 Å². The number of rotatable bonds is 1. The Morgan fingerprint density at radius 2 is 2.56 bits per heavy atom. The lowest BCUT2D eigenvalue weighted by Crippen LogP contribution is -2.17. The highest BCUT2D eigenvalue weighted by Gasteiger charge is 2.17. The molecule has 0 amide bonds. The van der Waals surface area contributed by atoms with Crippen LogP contribution in [0.15, 0.2) is 11.2 Å². The highest BCUT2D eigenvalue weighted by Crippen LogP contribution is 2.29. The van der Waals surface area contributed by atoms with Crippen LogP contribution in [0.1, 0.15) is 13.3 Å². The summed E-state index contributed by atoms with van der Waals surface area (Å²) in [7, 11) is 2.06. The smallest absolute Gasteiger partial charge is 0.0837 e. The first kappa shape index (κ1) is 6.81. The molecular formula is C6H12N2S. The van der Waals surface area contributed by atoms with Crippen LogP contribution in [0.3, 0.4) is 0 Å². The van der Waals surface area contributed by atoms with Gasteiger partial charge in [-0.05, 0) is 6.42 Å². The molecule has 0 aliphatic carbocycles. The van der Waals surface area contributed by atoms with Crippen molar-refractivity contribution in [1.29, 1.82) is 0 Å². The maximum Gasteiger partial charge on any atom is 0.0837 e. The Morgan fingerprint density at radius 3 is 2.78 bits per heavy atom. The van der Waals surface area contributed by atoms with Gasteiger partial charge in [0, 0.05) is 13.2 Å². The second-order valence-corrected chi connectivity index (χ2v) is 3.43. The van der Waals surface area contributed by atoms with E-state index in [1.165, 1.54) is 0 Å². The highest BCUT2D eigenvalue weighted by molar-refractivity contribution is 8.03. The molecule has 1 heterocycles. The Hall–Kier alpha value is -0.310. The fourth-order valence-electron chi connectivity index (χ4n) is 0.926. The van der Waals surface area contributed by atoms with E-state index in [4.69, 9.17) is 5.73 Å². The molecule has 1 atom stereocenters. The fourth-order valence-corrected chi connectivity index (χ4v) is 1.86. The van der Waals surface area contributed by atoms with E-state index in [1.807, 2.05) is 6.20 Å². The van der Waals surface area contributed by atoms with E-state index in [0.717, 1.165) is 11.4 Å². The monoisotopic (exact) mass is 144 g/mol. The first-order chi connectivity index (χ1) is 4.24. The summed E-state index contributed by atoms with van der Waals surface area (Å²) in [5.74, 6) is 0. The predicted octanol–water partition coefficient (Wildman–Crippen LogP) is 1.16. The molecule has 0 saturated carbocycles. The zero-order chi connectivity index (χ0) is 6.85. The number of thioether (sulfide) groups is 1. The molecule has 0 bridgehead atoms. The van der Waals surface area contributed by atoms with Crippen molar-refractivity contribution in [3.05, 3.63) is 11.2 Å². The van der Waals surface area contributed by atoms with Gasteiger partial charge in [-0.3, -0.25) is 0 Å². The van der Waals surface area contributed by atoms with E-state index in [0.29, 0.717) is 5.37 Å². The van der Waals surface area contributed by atoms with E-state index in [9.17, 15) is 0 Å². The summed E-state index contributed by atoms with van der Waals surface area (Å²) >= 11 is 1.74. The normalized spacial score (nSPS) is 26.7. The van der Waals surface area contributed by atoms with Gasteiger partial charge in [0.2, 0.25) is 0 Å². The Labute approximate surface area is 60.1 Å². The second-order valence-electron chi connectivity index (χ2n) is 2.18. The lowest BCUT2D eigenvalue weighted by Gasteiger charge is -2.16. The van der Waals surface area contributed by atoms with Crippen molar-refractivity contribution in [2.24, 2.45) is 5.73 Å². The molecule has 0 fully saturated rings. The summed E-state index contributed by atoms with van der Waals surface area (Å²) < 4.78 is 0. The van der Waals surface area contributed by atoms with Gasteiger partial charge in [-0.2, -0.15) is 0 Å². The summed E-state index contributed by atoms with van der Waals surface area (Å²) in [6.45, 7) is 2.17. The first-order valence-corrected chi connectivity index (χ1v) is 3.98. The fraction of sp³-hybridized carbons (Fsp3) is 0.667. The average molecular weight is 144 g/mol. The molecule has 3 heteroatoms. The van der Waals surface area contributed by atoms with Crippen LogP contribution in [0.25, 0.3) is 0 Å². The van der Waals surface area contributed by atoms with Gasteiger partial charge in [-0.15, -0.1) is 0 Å². The van der Waals surface area contributed by atoms with Crippen LogP contribution < -0.4 is 5.73 Å². The van der Waals surface area contributed by atoms with Crippen LogP contribution in [0, 0.1) is 0 Å². The second kappa shape index (κ2) is 2.52. The molecule has 0 aromatic rings. The third kappa shape index (κ3) is 1.33. The third-order valence-electron chi connectivity index (χ3n) is 1.41. The van der Waals surface area contributed by atoms with Gasteiger partial charge in [-0.1, -0.05) is 18.7 Å². The minimum atomic E-state index is 0.574. The molecule has 1 unspecified atom stereocenters. The molecule has 1 aliphatic heterocycles. The van der Waals surface area contributed by atoms with E-state index >= 15 is 0 Å². The Balaban J connectivity index is 2.49. The van der Waals surface area contributed by atoms with E-state index in [2.05, 4.69) is 18.9 Å². The molecular weight excluding hydrogens is 132 g/mol. The minimum Gasteiger partial charge on any atom is -0.392 e. The van der Waals surface area contributed by atoms with Crippen LogP contribution >= 0.6 is 11.8 Å². The minimum absolute atomic E-state index is 0.574. The highest BCUT2D eigenvalue weighted by atomic mass is 32.2. The van der Waals surface area contributed by atoms with Crippen molar-refractivity contribution < 1.29 is 0 Å². The van der Waals surface area contributed by atoms with Gasteiger partial charge in [0.1, 0.15) is 0 Å². The topological polar surface area (TPSA) is 29.3 Å². The molecule has 52 valence electrons. The molecule has 0 saturated heterocycles. The molecule has 0 radical (unpaired) electrons. The van der Waals surface area contributed by atoms with Crippen LogP contribution in [0.2, 0.25) is 0 Å². The molecule has 1 rings (SSSR count). The summed E-state index contributed by atoms with van der Waals surface area (Å²) in [4.78, 5) is 2.15. The summed E-state index contributed by atoms with van der Waals surface area (Å²) in [5.41, 5.74) is 5.57. The number of nitrogens with two attached hydrogens (primary N) is 1. The van der Waals surface area contributed by atoms with Gasteiger partial charge >= 0.3 is 0 Å². The van der Waals surface area contributed by atoms with Crippen molar-refractivity contribution in [3.63, 3.8) is 0 Å². The SMILES string of the molecule is CCC1SC(N)=CN1C. The van der Waals surface area contributed by atoms with Gasteiger partial charge in [0.15, 0.2) is 0 Å². The molecule has 9 heavy (non-hydrogen) atoms. The Bertz CT molecular complexity index is 133. The standard InChI is InChI=1S/C6H12N2S/c1-3-6-8(2)4-5(7)9-6/h4,6H,3,7H2,1-2H3. The van der Waals surface area contributed by atoms with Crippen LogP contribution in [0.5, 0.6) is 0 Å². The third-order valence-corrected chi connectivity index (χ3v) is 2.72. The molecule has 2 N–H and O–H groups in total. The summed E-state index contributed by atoms with van der Waals surface area (Å²) in [5, 5.41) is 1.51. The van der Waals surface area contributed by atoms with Gasteiger partial charge in [0.05, 0.1) is 10.4 Å². The van der Waals surface area contributed by atoms with Crippen LogP contribution in [0.4, 0.5) is 0 Å². The van der Waals surface area contributed by atoms with Crippen molar-refractivity contribution >= 4 is 11.8 Å². The maximum atomic E-state index is 5.57. The summed E-state index contributed by atoms with van der Waals surface area (Å²) in [6.07, 6.45) is 3.14. The molecule has 1 aliphatic rings. The van der Waals surface area contributed by atoms with Crippen molar-refractivity contribution in [2.45, 2.75) is 18.7 Å². The van der Waals surface area contributed by atoms with Gasteiger partial charge < -0.3 is 10.6 Å². The largest absolute Gasteiger partial charge is 0.392 e. The van der Waals surface area contributed by atoms with E-state index in [-0.39, 0.29) is 0 Å². The molecule has 2 nitrogen and oxygen atoms in total. The van der Waals surface area contributed by atoms with E-state index in [1.54, 1.807) is 11.8 Å². The lowest BCUT2D eigenvalue weighted by atomic mass is 10.4. The summed E-state index contributed by atoms with van der Waals surface area (Å²) in [6, 6.07) is 0. The number of hydrogen-bond acceptors (Lipinski definition) is 3. The first-order valence-electron chi connectivity index (χ1n) is 3.10. The van der Waals surface area contributed by atoms with Crippen LogP contribution in [-0.4, -0.2) is 17.3 Å².